The average molecular weight is 354 g/mol. The molecule has 27 heavy (non-hydrogen) atoms. The molecule has 0 aromatic heterocycles. The van der Waals surface area contributed by atoms with E-state index in [-0.39, 0.29) is 6.04 Å². The smallest absolute Gasteiger partial charge is 0.0361 e. The van der Waals surface area contributed by atoms with Gasteiger partial charge in [0.15, 0.2) is 0 Å². The number of benzene rings is 3. The number of hydrogen-bond donors (Lipinski definition) is 1. The van der Waals surface area contributed by atoms with Gasteiger partial charge in [-0.2, -0.15) is 0 Å². The quantitative estimate of drug-likeness (QED) is 0.636. The number of allylic oxidation sites excluding steroid dienone is 1. The maximum Gasteiger partial charge on any atom is 0.0361 e. The lowest BCUT2D eigenvalue weighted by Crippen LogP contribution is -2.18. The van der Waals surface area contributed by atoms with E-state index in [0.717, 1.165) is 12.1 Å². The van der Waals surface area contributed by atoms with Gasteiger partial charge in [-0.1, -0.05) is 60.4 Å². The Kier molecular flexibility index (Phi) is 6.30. The summed E-state index contributed by atoms with van der Waals surface area (Å²) in [6, 6.07) is 23.6. The topological polar surface area (TPSA) is 15.3 Å². The molecule has 136 valence electrons. The zero-order chi connectivity index (χ0) is 19.1. The molecule has 0 radical (unpaired) electrons. The summed E-state index contributed by atoms with van der Waals surface area (Å²) in [7, 11) is 4.07. The third-order valence-corrected chi connectivity index (χ3v) is 4.63. The summed E-state index contributed by atoms with van der Waals surface area (Å²) < 4.78 is 0. The molecule has 3 aromatic carbocycles. The van der Waals surface area contributed by atoms with Gasteiger partial charge >= 0.3 is 0 Å². The van der Waals surface area contributed by atoms with Crippen molar-refractivity contribution in [3.05, 3.63) is 90.0 Å². The Balaban J connectivity index is 1.55. The van der Waals surface area contributed by atoms with E-state index in [1.165, 1.54) is 22.0 Å². The minimum Gasteiger partial charge on any atom is -0.378 e. The van der Waals surface area contributed by atoms with Crippen molar-refractivity contribution in [2.24, 2.45) is 0 Å². The van der Waals surface area contributed by atoms with Crippen molar-refractivity contribution in [3.63, 3.8) is 0 Å². The summed E-state index contributed by atoms with van der Waals surface area (Å²) in [6.07, 6.45) is 3.99. The number of anilines is 1. The predicted octanol–water partition coefficient (Wildman–Crippen LogP) is 5.16. The summed E-state index contributed by atoms with van der Waals surface area (Å²) in [6.45, 7) is 2.99. The van der Waals surface area contributed by atoms with Gasteiger partial charge < -0.3 is 10.2 Å². The molecule has 1 N–H and O–H groups in total. The van der Waals surface area contributed by atoms with Crippen LogP contribution in [0.25, 0.3) is 10.8 Å². The molecular formula is C25H26N2. The lowest BCUT2D eigenvalue weighted by molar-refractivity contribution is 0.621. The molecule has 0 aliphatic heterocycles. The van der Waals surface area contributed by atoms with E-state index >= 15 is 0 Å². The highest BCUT2D eigenvalue weighted by Gasteiger charge is 2.07. The fourth-order valence-corrected chi connectivity index (χ4v) is 3.07. The zero-order valence-electron chi connectivity index (χ0n) is 16.2. The molecule has 0 bridgehead atoms. The molecule has 0 heterocycles. The summed E-state index contributed by atoms with van der Waals surface area (Å²) in [5, 5.41) is 6.14. The van der Waals surface area contributed by atoms with Crippen molar-refractivity contribution in [2.75, 3.05) is 25.5 Å². The molecule has 0 unspecified atom stereocenters. The van der Waals surface area contributed by atoms with Gasteiger partial charge in [-0.05, 0) is 53.6 Å². The summed E-state index contributed by atoms with van der Waals surface area (Å²) >= 11 is 0. The lowest BCUT2D eigenvalue weighted by Gasteiger charge is -2.15. The van der Waals surface area contributed by atoms with Gasteiger partial charge in [-0.3, -0.25) is 0 Å². The van der Waals surface area contributed by atoms with Crippen LogP contribution in [-0.4, -0.2) is 20.6 Å². The van der Waals surface area contributed by atoms with Crippen molar-refractivity contribution >= 4 is 16.5 Å². The third kappa shape index (κ3) is 5.00. The van der Waals surface area contributed by atoms with E-state index in [4.69, 9.17) is 0 Å². The number of hydrogen-bond acceptors (Lipinski definition) is 2. The largest absolute Gasteiger partial charge is 0.378 e. The first-order valence-electron chi connectivity index (χ1n) is 9.30. The van der Waals surface area contributed by atoms with E-state index in [9.17, 15) is 0 Å². The fourth-order valence-electron chi connectivity index (χ4n) is 3.07. The van der Waals surface area contributed by atoms with Gasteiger partial charge in [0.05, 0.1) is 0 Å². The van der Waals surface area contributed by atoms with Crippen LogP contribution in [0.5, 0.6) is 0 Å². The average Bonchev–Trinajstić information content (AvgIpc) is 2.70. The molecule has 3 rings (SSSR count). The van der Waals surface area contributed by atoms with Crippen molar-refractivity contribution < 1.29 is 0 Å². The summed E-state index contributed by atoms with van der Waals surface area (Å²) in [4.78, 5) is 2.08. The first kappa shape index (κ1) is 18.8. The van der Waals surface area contributed by atoms with Crippen LogP contribution in [0.2, 0.25) is 0 Å². The Morgan fingerprint density at radius 1 is 0.963 bits per heavy atom. The molecule has 2 heteroatoms. The second kappa shape index (κ2) is 9.07. The second-order valence-corrected chi connectivity index (χ2v) is 6.81. The number of nitrogens with zero attached hydrogens (tertiary/aromatic N) is 1. The van der Waals surface area contributed by atoms with Crippen LogP contribution in [0, 0.1) is 11.8 Å². The molecule has 0 amide bonds. The Morgan fingerprint density at radius 2 is 1.70 bits per heavy atom. The summed E-state index contributed by atoms with van der Waals surface area (Å²) in [5.41, 5.74) is 3.54. The second-order valence-electron chi connectivity index (χ2n) is 6.81. The van der Waals surface area contributed by atoms with Gasteiger partial charge in [-0.25, -0.2) is 0 Å². The SMILES string of the molecule is C[C@@H](NCC=CC#Cc1ccc(N(C)C)cc1)c1cccc2ccccc12. The molecule has 3 aromatic rings. The van der Waals surface area contributed by atoms with Crippen molar-refractivity contribution in [1.29, 1.82) is 0 Å². The van der Waals surface area contributed by atoms with Crippen LogP contribution in [0.4, 0.5) is 5.69 Å². The highest BCUT2D eigenvalue weighted by atomic mass is 15.1. The molecule has 0 aliphatic carbocycles. The molecule has 2 nitrogen and oxygen atoms in total. The van der Waals surface area contributed by atoms with Crippen LogP contribution >= 0.6 is 0 Å². The zero-order valence-corrected chi connectivity index (χ0v) is 16.2. The maximum atomic E-state index is 3.55. The van der Waals surface area contributed by atoms with E-state index in [1.54, 1.807) is 0 Å². The van der Waals surface area contributed by atoms with Gasteiger partial charge in [0.25, 0.3) is 0 Å². The number of nitrogens with one attached hydrogen (secondary N) is 1. The third-order valence-electron chi connectivity index (χ3n) is 4.63. The maximum absolute atomic E-state index is 3.55. The first-order chi connectivity index (χ1) is 13.1. The first-order valence-corrected chi connectivity index (χ1v) is 9.30. The fraction of sp³-hybridized carbons (Fsp3) is 0.200. The van der Waals surface area contributed by atoms with Crippen molar-refractivity contribution in [2.45, 2.75) is 13.0 Å². The van der Waals surface area contributed by atoms with Gasteiger partial charge in [0.1, 0.15) is 0 Å². The Hall–Kier alpha value is -3.02. The van der Waals surface area contributed by atoms with Crippen LogP contribution in [-0.2, 0) is 0 Å². The van der Waals surface area contributed by atoms with Gasteiger partial charge in [0.2, 0.25) is 0 Å². The minimum atomic E-state index is 0.285. The van der Waals surface area contributed by atoms with Crippen molar-refractivity contribution in [3.8, 4) is 11.8 Å². The monoisotopic (exact) mass is 354 g/mol. The van der Waals surface area contributed by atoms with Crippen LogP contribution in [0.1, 0.15) is 24.1 Å². The van der Waals surface area contributed by atoms with Crippen LogP contribution < -0.4 is 10.2 Å². The minimum absolute atomic E-state index is 0.285. The Bertz CT molecular complexity index is 967. The van der Waals surface area contributed by atoms with Crippen LogP contribution in [0.3, 0.4) is 0 Å². The van der Waals surface area contributed by atoms with Gasteiger partial charge in [0, 0.05) is 37.9 Å². The van der Waals surface area contributed by atoms with E-state index in [0.29, 0.717) is 0 Å². The highest BCUT2D eigenvalue weighted by molar-refractivity contribution is 5.86. The van der Waals surface area contributed by atoms with E-state index < -0.39 is 0 Å². The molecule has 0 fully saturated rings. The number of rotatable bonds is 5. The van der Waals surface area contributed by atoms with Crippen molar-refractivity contribution in [1.82, 2.24) is 5.32 Å². The Labute approximate surface area is 162 Å². The van der Waals surface area contributed by atoms with Gasteiger partial charge in [-0.15, -0.1) is 0 Å². The highest BCUT2D eigenvalue weighted by Crippen LogP contribution is 2.23. The molecule has 0 saturated carbocycles. The predicted molar refractivity (Wildman–Crippen MR) is 117 cm³/mol. The lowest BCUT2D eigenvalue weighted by atomic mass is 10.00. The molecular weight excluding hydrogens is 328 g/mol. The van der Waals surface area contributed by atoms with E-state index in [2.05, 4.69) is 102 Å². The normalized spacial score (nSPS) is 12.0. The molecule has 1 atom stereocenters. The number of fused-ring (bicyclic) bond motifs is 1. The molecule has 0 spiro atoms. The van der Waals surface area contributed by atoms with Crippen LogP contribution in [0.15, 0.2) is 78.9 Å². The van der Waals surface area contributed by atoms with E-state index in [1.807, 2.05) is 20.2 Å². The standard InChI is InChI=1S/C25H26N2/c1-20(24-14-9-12-22-11-6-7-13-25(22)24)26-19-8-4-5-10-21-15-17-23(18-16-21)27(2)3/h4,6-9,11-18,20,26H,19H2,1-3H3/t20-/m1/s1. The summed E-state index contributed by atoms with van der Waals surface area (Å²) in [5.74, 6) is 6.28. The molecule has 0 aliphatic rings. The molecule has 0 saturated heterocycles. The Morgan fingerprint density at radius 3 is 2.48 bits per heavy atom.